The number of carbonyl (C=O) groups excluding carboxylic acids is 2. The second-order valence-corrected chi connectivity index (χ2v) is 6.20. The van der Waals surface area contributed by atoms with Gasteiger partial charge in [0.1, 0.15) is 11.4 Å². The van der Waals surface area contributed by atoms with E-state index in [1.54, 1.807) is 45.0 Å². The zero-order valence-electron chi connectivity index (χ0n) is 13.8. The van der Waals surface area contributed by atoms with Crippen molar-refractivity contribution in [3.05, 3.63) is 40.4 Å². The fourth-order valence-corrected chi connectivity index (χ4v) is 1.97. The number of aromatic nitrogens is 2. The van der Waals surface area contributed by atoms with Gasteiger partial charge in [-0.3, -0.25) is 15.0 Å². The summed E-state index contributed by atoms with van der Waals surface area (Å²) in [7, 11) is 0. The van der Waals surface area contributed by atoms with Crippen LogP contribution in [0.1, 0.15) is 33.0 Å². The first-order valence-electron chi connectivity index (χ1n) is 7.50. The molecule has 0 radical (unpaired) electrons. The Morgan fingerprint density at radius 3 is 2.62 bits per heavy atom. The van der Waals surface area contributed by atoms with Crippen LogP contribution in [0.3, 0.4) is 0 Å². The lowest BCUT2D eigenvalue weighted by Crippen LogP contribution is -2.44. The summed E-state index contributed by atoms with van der Waals surface area (Å²) in [5.74, 6) is -0.0113. The van der Waals surface area contributed by atoms with Crippen LogP contribution in [0.25, 0.3) is 10.9 Å². The van der Waals surface area contributed by atoms with Gasteiger partial charge in [-0.25, -0.2) is 15.2 Å². The fourth-order valence-electron chi connectivity index (χ4n) is 1.97. The predicted octanol–water partition coefficient (Wildman–Crippen LogP) is 1.41. The highest BCUT2D eigenvalue weighted by Gasteiger charge is 2.16. The van der Waals surface area contributed by atoms with Gasteiger partial charge in [-0.1, -0.05) is 12.1 Å². The number of ether oxygens (including phenoxy) is 1. The van der Waals surface area contributed by atoms with Crippen molar-refractivity contribution in [3.63, 3.8) is 0 Å². The maximum Gasteiger partial charge on any atom is 0.426 e. The van der Waals surface area contributed by atoms with Crippen LogP contribution in [0.15, 0.2) is 29.1 Å². The zero-order valence-corrected chi connectivity index (χ0v) is 13.8. The van der Waals surface area contributed by atoms with Crippen LogP contribution in [0.2, 0.25) is 0 Å². The molecule has 2 amide bonds. The Morgan fingerprint density at radius 1 is 1.21 bits per heavy atom. The lowest BCUT2D eigenvalue weighted by molar-refractivity contribution is -0.122. The number of carbonyl (C=O) groups is 2. The molecule has 8 heteroatoms. The number of nitrogens with zero attached hydrogens (tertiary/aromatic N) is 1. The Hall–Kier alpha value is -2.90. The van der Waals surface area contributed by atoms with Crippen molar-refractivity contribution in [2.24, 2.45) is 0 Å². The van der Waals surface area contributed by atoms with E-state index in [0.29, 0.717) is 16.7 Å². The number of hydrazine groups is 1. The largest absolute Gasteiger partial charge is 0.443 e. The minimum absolute atomic E-state index is 0.0527. The summed E-state index contributed by atoms with van der Waals surface area (Å²) in [6.45, 7) is 5.16. The minimum Gasteiger partial charge on any atom is -0.443 e. The number of benzene rings is 1. The molecule has 1 aromatic carbocycles. The third-order valence-electron chi connectivity index (χ3n) is 2.95. The van der Waals surface area contributed by atoms with Crippen molar-refractivity contribution in [2.45, 2.75) is 39.2 Å². The summed E-state index contributed by atoms with van der Waals surface area (Å²) < 4.78 is 4.99. The summed E-state index contributed by atoms with van der Waals surface area (Å²) in [6, 6.07) is 6.96. The summed E-state index contributed by atoms with van der Waals surface area (Å²) in [5, 5.41) is 0.497. The highest BCUT2D eigenvalue weighted by Crippen LogP contribution is 2.07. The number of rotatable bonds is 3. The zero-order chi connectivity index (χ0) is 17.7. The Kier molecular flexibility index (Phi) is 5.18. The molecule has 0 fully saturated rings. The molecule has 0 bridgehead atoms. The van der Waals surface area contributed by atoms with E-state index in [1.807, 2.05) is 0 Å². The standard InChI is InChI=1S/C16H20N4O4/c1-16(2,3)24-15(23)20-19-13(21)9-8-12-17-11-7-5-4-6-10(11)14(22)18-12/h4-7H,8-9H2,1-3H3,(H,19,21)(H,20,23)(H,17,18,22). The predicted molar refractivity (Wildman–Crippen MR) is 88.2 cm³/mol. The smallest absolute Gasteiger partial charge is 0.426 e. The molecular weight excluding hydrogens is 312 g/mol. The molecule has 0 atom stereocenters. The Balaban J connectivity index is 1.88. The quantitative estimate of drug-likeness (QED) is 0.736. The van der Waals surface area contributed by atoms with Crippen LogP contribution in [0.5, 0.6) is 0 Å². The Bertz CT molecular complexity index is 808. The number of hydrogen-bond acceptors (Lipinski definition) is 5. The van der Waals surface area contributed by atoms with Crippen LogP contribution in [-0.2, 0) is 16.0 Å². The van der Waals surface area contributed by atoms with Gasteiger partial charge in [0.15, 0.2) is 0 Å². The van der Waals surface area contributed by atoms with Crippen molar-refractivity contribution in [3.8, 4) is 0 Å². The first-order chi connectivity index (χ1) is 11.2. The number of nitrogens with one attached hydrogen (secondary N) is 3. The molecule has 0 aliphatic heterocycles. The van der Waals surface area contributed by atoms with Crippen molar-refractivity contribution in [1.82, 2.24) is 20.8 Å². The molecule has 24 heavy (non-hydrogen) atoms. The number of aryl methyl sites for hydroxylation is 1. The van der Waals surface area contributed by atoms with Gasteiger partial charge in [-0.05, 0) is 32.9 Å². The van der Waals surface area contributed by atoms with E-state index in [9.17, 15) is 14.4 Å². The van der Waals surface area contributed by atoms with E-state index in [1.165, 1.54) is 0 Å². The molecule has 0 unspecified atom stereocenters. The van der Waals surface area contributed by atoms with Gasteiger partial charge in [-0.2, -0.15) is 0 Å². The SMILES string of the molecule is CC(C)(C)OC(=O)NNC(=O)CCc1nc2ccccc2c(=O)[nH]1. The molecule has 0 spiro atoms. The van der Waals surface area contributed by atoms with Gasteiger partial charge in [0.25, 0.3) is 5.56 Å². The lowest BCUT2D eigenvalue weighted by Gasteiger charge is -2.19. The normalized spacial score (nSPS) is 11.1. The van der Waals surface area contributed by atoms with Crippen molar-refractivity contribution in [2.75, 3.05) is 0 Å². The van der Waals surface area contributed by atoms with E-state index in [0.717, 1.165) is 0 Å². The number of fused-ring (bicyclic) bond motifs is 1. The van der Waals surface area contributed by atoms with Crippen LogP contribution in [-0.4, -0.2) is 27.6 Å². The Morgan fingerprint density at radius 2 is 1.92 bits per heavy atom. The molecule has 0 saturated carbocycles. The van der Waals surface area contributed by atoms with Crippen LogP contribution < -0.4 is 16.4 Å². The molecule has 128 valence electrons. The van der Waals surface area contributed by atoms with Gasteiger partial charge in [0.05, 0.1) is 10.9 Å². The highest BCUT2D eigenvalue weighted by molar-refractivity contribution is 5.79. The topological polar surface area (TPSA) is 113 Å². The van der Waals surface area contributed by atoms with Gasteiger partial charge in [0, 0.05) is 12.8 Å². The molecule has 2 rings (SSSR count). The maximum atomic E-state index is 11.9. The fraction of sp³-hybridized carbons (Fsp3) is 0.375. The first-order valence-corrected chi connectivity index (χ1v) is 7.50. The summed E-state index contributed by atoms with van der Waals surface area (Å²) in [4.78, 5) is 42.0. The van der Waals surface area contributed by atoms with Crippen molar-refractivity contribution in [1.29, 1.82) is 0 Å². The van der Waals surface area contributed by atoms with Crippen LogP contribution >= 0.6 is 0 Å². The second kappa shape index (κ2) is 7.12. The lowest BCUT2D eigenvalue weighted by atomic mass is 10.2. The van der Waals surface area contributed by atoms with Gasteiger partial charge < -0.3 is 9.72 Å². The first kappa shape index (κ1) is 17.5. The number of H-pyrrole nitrogens is 1. The highest BCUT2D eigenvalue weighted by atomic mass is 16.6. The maximum absolute atomic E-state index is 11.9. The average molecular weight is 332 g/mol. The third-order valence-corrected chi connectivity index (χ3v) is 2.95. The van der Waals surface area contributed by atoms with Crippen molar-refractivity contribution < 1.29 is 14.3 Å². The molecule has 3 N–H and O–H groups in total. The minimum atomic E-state index is -0.743. The third kappa shape index (κ3) is 5.08. The molecule has 0 saturated heterocycles. The van der Waals surface area contributed by atoms with E-state index in [2.05, 4.69) is 20.8 Å². The molecular formula is C16H20N4O4. The molecule has 0 aliphatic rings. The summed E-state index contributed by atoms with van der Waals surface area (Å²) in [5.41, 5.74) is 4.08. The summed E-state index contributed by atoms with van der Waals surface area (Å²) >= 11 is 0. The molecule has 2 aromatic rings. The van der Waals surface area contributed by atoms with Gasteiger partial charge >= 0.3 is 6.09 Å². The second-order valence-electron chi connectivity index (χ2n) is 6.20. The van der Waals surface area contributed by atoms with Crippen LogP contribution in [0.4, 0.5) is 4.79 Å². The molecule has 1 heterocycles. The monoisotopic (exact) mass is 332 g/mol. The summed E-state index contributed by atoms with van der Waals surface area (Å²) in [6.07, 6.45) is -0.452. The number of para-hydroxylation sites is 1. The molecule has 1 aromatic heterocycles. The van der Waals surface area contributed by atoms with Crippen molar-refractivity contribution >= 4 is 22.9 Å². The van der Waals surface area contributed by atoms with E-state index >= 15 is 0 Å². The Labute approximate surface area is 138 Å². The average Bonchev–Trinajstić information content (AvgIpc) is 2.49. The van der Waals surface area contributed by atoms with E-state index < -0.39 is 17.6 Å². The van der Waals surface area contributed by atoms with Gasteiger partial charge in [-0.15, -0.1) is 0 Å². The van der Waals surface area contributed by atoms with Crippen LogP contribution in [0, 0.1) is 0 Å². The van der Waals surface area contributed by atoms with Gasteiger partial charge in [0.2, 0.25) is 5.91 Å². The molecule has 0 aliphatic carbocycles. The number of hydrogen-bond donors (Lipinski definition) is 3. The van der Waals surface area contributed by atoms with E-state index in [-0.39, 0.29) is 18.4 Å². The molecule has 8 nitrogen and oxygen atoms in total. The van der Waals surface area contributed by atoms with E-state index in [4.69, 9.17) is 4.74 Å². The number of amides is 2. The number of aromatic amines is 1.